The first-order valence-electron chi connectivity index (χ1n) is 3.95. The molecule has 3 N–H and O–H groups in total. The van der Waals surface area contributed by atoms with E-state index in [1.165, 1.54) is 18.2 Å². The number of aromatic hydroxyl groups is 1. The van der Waals surface area contributed by atoms with Crippen LogP contribution in [0.5, 0.6) is 5.75 Å². The van der Waals surface area contributed by atoms with Gasteiger partial charge in [0.05, 0.1) is 12.6 Å². The molecule has 13 heavy (non-hydrogen) atoms. The van der Waals surface area contributed by atoms with E-state index in [-0.39, 0.29) is 12.4 Å². The minimum absolute atomic E-state index is 0.0187. The van der Waals surface area contributed by atoms with Crippen molar-refractivity contribution in [3.05, 3.63) is 29.6 Å². The first kappa shape index (κ1) is 9.95. The summed E-state index contributed by atoms with van der Waals surface area (Å²) >= 11 is 0. The van der Waals surface area contributed by atoms with E-state index in [2.05, 4.69) is 5.32 Å². The van der Waals surface area contributed by atoms with E-state index in [4.69, 9.17) is 5.11 Å². The summed E-state index contributed by atoms with van der Waals surface area (Å²) in [5, 5.41) is 21.0. The van der Waals surface area contributed by atoms with Crippen molar-refractivity contribution in [3.63, 3.8) is 0 Å². The number of aliphatic hydroxyl groups is 1. The van der Waals surface area contributed by atoms with Gasteiger partial charge >= 0.3 is 0 Å². The Hall–Kier alpha value is -1.13. The molecular formula is C9H12FNO2. The maximum absolute atomic E-state index is 12.8. The van der Waals surface area contributed by atoms with Gasteiger partial charge in [0.15, 0.2) is 0 Å². The van der Waals surface area contributed by atoms with Crippen molar-refractivity contribution in [2.75, 3.05) is 13.7 Å². The Morgan fingerprint density at radius 3 is 2.77 bits per heavy atom. The monoisotopic (exact) mass is 185 g/mol. The van der Waals surface area contributed by atoms with E-state index in [0.29, 0.717) is 5.56 Å². The highest BCUT2D eigenvalue weighted by Crippen LogP contribution is 2.24. The fraction of sp³-hybridized carbons (Fsp3) is 0.333. The predicted octanol–water partition coefficient (Wildman–Crippen LogP) is 0.784. The summed E-state index contributed by atoms with van der Waals surface area (Å²) < 4.78 is 12.8. The van der Waals surface area contributed by atoms with Gasteiger partial charge in [0.2, 0.25) is 0 Å². The van der Waals surface area contributed by atoms with Crippen molar-refractivity contribution in [1.82, 2.24) is 5.32 Å². The zero-order chi connectivity index (χ0) is 9.84. The molecule has 0 saturated carbocycles. The largest absolute Gasteiger partial charge is 0.508 e. The molecule has 0 aliphatic carbocycles. The van der Waals surface area contributed by atoms with Crippen molar-refractivity contribution >= 4 is 0 Å². The van der Waals surface area contributed by atoms with Crippen LogP contribution >= 0.6 is 0 Å². The molecule has 1 unspecified atom stereocenters. The van der Waals surface area contributed by atoms with Crippen LogP contribution in [0.4, 0.5) is 4.39 Å². The zero-order valence-electron chi connectivity index (χ0n) is 7.29. The molecule has 0 aliphatic rings. The highest BCUT2D eigenvalue weighted by atomic mass is 19.1. The summed E-state index contributed by atoms with van der Waals surface area (Å²) in [4.78, 5) is 0. The molecule has 1 rings (SSSR count). The molecular weight excluding hydrogens is 173 g/mol. The molecule has 0 heterocycles. The van der Waals surface area contributed by atoms with Gasteiger partial charge in [-0.05, 0) is 25.2 Å². The first-order valence-corrected chi connectivity index (χ1v) is 3.95. The number of hydrogen-bond donors (Lipinski definition) is 3. The van der Waals surface area contributed by atoms with Gasteiger partial charge in [0, 0.05) is 5.56 Å². The van der Waals surface area contributed by atoms with Crippen LogP contribution < -0.4 is 5.32 Å². The highest BCUT2D eigenvalue weighted by molar-refractivity contribution is 5.35. The van der Waals surface area contributed by atoms with Crippen molar-refractivity contribution in [3.8, 4) is 5.75 Å². The van der Waals surface area contributed by atoms with Crippen molar-refractivity contribution in [1.29, 1.82) is 0 Å². The second-order valence-corrected chi connectivity index (χ2v) is 2.73. The third-order valence-electron chi connectivity index (χ3n) is 1.90. The van der Waals surface area contributed by atoms with Crippen LogP contribution in [0.1, 0.15) is 11.6 Å². The molecule has 3 nitrogen and oxygen atoms in total. The van der Waals surface area contributed by atoms with Crippen molar-refractivity contribution in [2.24, 2.45) is 0 Å². The third-order valence-corrected chi connectivity index (χ3v) is 1.90. The number of phenols is 1. The normalized spacial score (nSPS) is 12.8. The van der Waals surface area contributed by atoms with Gasteiger partial charge in [0.25, 0.3) is 0 Å². The fourth-order valence-electron chi connectivity index (χ4n) is 1.15. The number of hydrogen-bond acceptors (Lipinski definition) is 3. The van der Waals surface area contributed by atoms with Gasteiger partial charge in [-0.1, -0.05) is 0 Å². The van der Waals surface area contributed by atoms with E-state index in [1.807, 2.05) is 0 Å². The van der Waals surface area contributed by atoms with Crippen LogP contribution in [0.15, 0.2) is 18.2 Å². The maximum Gasteiger partial charge on any atom is 0.123 e. The number of nitrogens with one attached hydrogen (secondary N) is 1. The molecule has 0 fully saturated rings. The number of aliphatic hydroxyl groups excluding tert-OH is 1. The molecule has 0 amide bonds. The van der Waals surface area contributed by atoms with Crippen molar-refractivity contribution < 1.29 is 14.6 Å². The molecule has 0 aromatic heterocycles. The molecule has 72 valence electrons. The second kappa shape index (κ2) is 4.20. The van der Waals surface area contributed by atoms with Gasteiger partial charge < -0.3 is 15.5 Å². The van der Waals surface area contributed by atoms with Crippen LogP contribution in [0.2, 0.25) is 0 Å². The number of likely N-dealkylation sites (N-methyl/N-ethyl adjacent to an activating group) is 1. The lowest BCUT2D eigenvalue weighted by Gasteiger charge is -2.14. The first-order chi connectivity index (χ1) is 6.19. The lowest BCUT2D eigenvalue weighted by molar-refractivity contribution is 0.248. The summed E-state index contributed by atoms with van der Waals surface area (Å²) in [7, 11) is 1.63. The Morgan fingerprint density at radius 2 is 2.23 bits per heavy atom. The molecule has 0 bridgehead atoms. The van der Waals surface area contributed by atoms with Gasteiger partial charge in [-0.15, -0.1) is 0 Å². The molecule has 0 aliphatic heterocycles. The summed E-state index contributed by atoms with van der Waals surface area (Å²) in [6.07, 6.45) is 0. The third kappa shape index (κ3) is 2.17. The molecule has 0 spiro atoms. The van der Waals surface area contributed by atoms with Crippen LogP contribution in [0.3, 0.4) is 0 Å². The Bertz CT molecular complexity index is 287. The second-order valence-electron chi connectivity index (χ2n) is 2.73. The van der Waals surface area contributed by atoms with Crippen LogP contribution in [-0.2, 0) is 0 Å². The number of halogens is 1. The molecule has 4 heteroatoms. The fourth-order valence-corrected chi connectivity index (χ4v) is 1.15. The quantitative estimate of drug-likeness (QED) is 0.652. The Balaban J connectivity index is 3.03. The van der Waals surface area contributed by atoms with E-state index in [1.54, 1.807) is 7.05 Å². The van der Waals surface area contributed by atoms with E-state index >= 15 is 0 Å². The highest BCUT2D eigenvalue weighted by Gasteiger charge is 2.12. The number of phenolic OH excluding ortho intramolecular Hbond substituents is 1. The average molecular weight is 185 g/mol. The van der Waals surface area contributed by atoms with E-state index in [9.17, 15) is 9.50 Å². The Kier molecular flexibility index (Phi) is 3.22. The number of benzene rings is 1. The molecule has 1 aromatic carbocycles. The molecule has 0 radical (unpaired) electrons. The topological polar surface area (TPSA) is 52.5 Å². The molecule has 0 saturated heterocycles. The van der Waals surface area contributed by atoms with E-state index < -0.39 is 11.9 Å². The van der Waals surface area contributed by atoms with Crippen molar-refractivity contribution in [2.45, 2.75) is 6.04 Å². The lowest BCUT2D eigenvalue weighted by atomic mass is 10.1. The number of rotatable bonds is 3. The summed E-state index contributed by atoms with van der Waals surface area (Å²) in [5.74, 6) is -0.448. The maximum atomic E-state index is 12.8. The SMILES string of the molecule is CNC(CO)c1cc(F)ccc1O. The minimum Gasteiger partial charge on any atom is -0.508 e. The summed E-state index contributed by atoms with van der Waals surface area (Å²) in [5.41, 5.74) is 0.366. The molecule has 1 aromatic rings. The van der Waals surface area contributed by atoms with E-state index in [0.717, 1.165) is 0 Å². The van der Waals surface area contributed by atoms with Gasteiger partial charge in [-0.3, -0.25) is 0 Å². The van der Waals surface area contributed by atoms with Crippen LogP contribution in [0, 0.1) is 5.82 Å². The smallest absolute Gasteiger partial charge is 0.123 e. The lowest BCUT2D eigenvalue weighted by Crippen LogP contribution is -2.20. The van der Waals surface area contributed by atoms with Gasteiger partial charge in [0.1, 0.15) is 11.6 Å². The Morgan fingerprint density at radius 1 is 1.54 bits per heavy atom. The van der Waals surface area contributed by atoms with Gasteiger partial charge in [-0.2, -0.15) is 0 Å². The Labute approximate surface area is 75.8 Å². The summed E-state index contributed by atoms with van der Waals surface area (Å²) in [6.45, 7) is -0.187. The predicted molar refractivity (Wildman–Crippen MR) is 47.0 cm³/mol. The van der Waals surface area contributed by atoms with Crippen LogP contribution in [0.25, 0.3) is 0 Å². The van der Waals surface area contributed by atoms with Gasteiger partial charge in [-0.25, -0.2) is 4.39 Å². The standard InChI is InChI=1S/C9H12FNO2/c1-11-8(5-12)7-4-6(10)2-3-9(7)13/h2-4,8,11-13H,5H2,1H3. The summed E-state index contributed by atoms with van der Waals surface area (Å²) in [6, 6.07) is 3.20. The molecule has 1 atom stereocenters. The van der Waals surface area contributed by atoms with Crippen LogP contribution in [-0.4, -0.2) is 23.9 Å². The zero-order valence-corrected chi connectivity index (χ0v) is 7.29. The minimum atomic E-state index is -0.435. The average Bonchev–Trinajstić information content (AvgIpc) is 2.13.